The number of carbonyl (C=O) groups is 1. The Kier molecular flexibility index (Phi) is 7.39. The molecule has 3 N–H and O–H groups in total. The molecule has 1 amide bonds. The van der Waals surface area contributed by atoms with Crippen LogP contribution >= 0.6 is 0 Å². The number of unbranched alkanes of at least 4 members (excludes halogenated alkanes) is 3. The summed E-state index contributed by atoms with van der Waals surface area (Å²) in [7, 11) is 0. The Labute approximate surface area is 93.8 Å². The highest BCUT2D eigenvalue weighted by molar-refractivity contribution is 5.75. The maximum atomic E-state index is 11.4. The molecular formula is C12H26N2O. The SMILES string of the molecule is CCCCCCNC(=O)CCC(C)(C)N. The second-order valence-electron chi connectivity index (χ2n) is 4.90. The molecule has 0 aromatic rings. The van der Waals surface area contributed by atoms with Gasteiger partial charge in [-0.1, -0.05) is 26.2 Å². The molecule has 3 nitrogen and oxygen atoms in total. The molecule has 0 rings (SSSR count). The molecule has 0 aromatic carbocycles. The van der Waals surface area contributed by atoms with Gasteiger partial charge in [-0.15, -0.1) is 0 Å². The Morgan fingerprint density at radius 2 is 1.93 bits per heavy atom. The Morgan fingerprint density at radius 3 is 2.47 bits per heavy atom. The number of amides is 1. The van der Waals surface area contributed by atoms with Crippen molar-refractivity contribution in [2.75, 3.05) is 6.54 Å². The highest BCUT2D eigenvalue weighted by Gasteiger charge is 2.12. The van der Waals surface area contributed by atoms with Crippen LogP contribution in [0.4, 0.5) is 0 Å². The van der Waals surface area contributed by atoms with Crippen molar-refractivity contribution in [3.8, 4) is 0 Å². The fraction of sp³-hybridized carbons (Fsp3) is 0.917. The first kappa shape index (κ1) is 14.4. The largest absolute Gasteiger partial charge is 0.356 e. The highest BCUT2D eigenvalue weighted by Crippen LogP contribution is 2.06. The third kappa shape index (κ3) is 11.4. The standard InChI is InChI=1S/C12H26N2O/c1-4-5-6-7-10-14-11(15)8-9-12(2,3)13/h4-10,13H2,1-3H3,(H,14,15). The summed E-state index contributed by atoms with van der Waals surface area (Å²) in [6.07, 6.45) is 6.07. The van der Waals surface area contributed by atoms with E-state index in [-0.39, 0.29) is 11.4 Å². The van der Waals surface area contributed by atoms with Crippen LogP contribution in [-0.2, 0) is 4.79 Å². The Hall–Kier alpha value is -0.570. The van der Waals surface area contributed by atoms with E-state index in [1.165, 1.54) is 19.3 Å². The van der Waals surface area contributed by atoms with Crippen LogP contribution in [0.5, 0.6) is 0 Å². The van der Waals surface area contributed by atoms with Crippen molar-refractivity contribution in [2.45, 2.75) is 64.8 Å². The average molecular weight is 214 g/mol. The molecule has 0 aliphatic heterocycles. The number of carbonyl (C=O) groups excluding carboxylic acids is 1. The van der Waals surface area contributed by atoms with E-state index in [9.17, 15) is 4.79 Å². The van der Waals surface area contributed by atoms with E-state index in [1.54, 1.807) is 0 Å². The molecule has 0 spiro atoms. The number of nitrogens with two attached hydrogens (primary N) is 1. The van der Waals surface area contributed by atoms with Gasteiger partial charge in [0, 0.05) is 18.5 Å². The fourth-order valence-electron chi connectivity index (χ4n) is 1.30. The third-order valence-electron chi connectivity index (χ3n) is 2.35. The van der Waals surface area contributed by atoms with Gasteiger partial charge in [0.25, 0.3) is 0 Å². The van der Waals surface area contributed by atoms with E-state index in [4.69, 9.17) is 5.73 Å². The Bertz CT molecular complexity index is 173. The minimum atomic E-state index is -0.237. The van der Waals surface area contributed by atoms with Crippen molar-refractivity contribution in [3.05, 3.63) is 0 Å². The van der Waals surface area contributed by atoms with Gasteiger partial charge in [-0.05, 0) is 26.7 Å². The molecule has 15 heavy (non-hydrogen) atoms. The zero-order valence-electron chi connectivity index (χ0n) is 10.4. The summed E-state index contributed by atoms with van der Waals surface area (Å²) >= 11 is 0. The van der Waals surface area contributed by atoms with Gasteiger partial charge in [0.1, 0.15) is 0 Å². The van der Waals surface area contributed by atoms with Gasteiger partial charge in [-0.3, -0.25) is 4.79 Å². The number of hydrogen-bond donors (Lipinski definition) is 2. The highest BCUT2D eigenvalue weighted by atomic mass is 16.1. The van der Waals surface area contributed by atoms with Crippen molar-refractivity contribution in [1.29, 1.82) is 0 Å². The van der Waals surface area contributed by atoms with Gasteiger partial charge < -0.3 is 11.1 Å². The number of rotatable bonds is 8. The third-order valence-corrected chi connectivity index (χ3v) is 2.35. The van der Waals surface area contributed by atoms with Gasteiger partial charge in [0.05, 0.1) is 0 Å². The Balaban J connectivity index is 3.34. The molecule has 0 saturated heterocycles. The molecule has 0 saturated carbocycles. The first-order chi connectivity index (χ1) is 6.95. The zero-order valence-corrected chi connectivity index (χ0v) is 10.4. The molecule has 90 valence electrons. The molecule has 0 bridgehead atoms. The van der Waals surface area contributed by atoms with Gasteiger partial charge in [-0.25, -0.2) is 0 Å². The summed E-state index contributed by atoms with van der Waals surface area (Å²) in [5.41, 5.74) is 5.56. The minimum absolute atomic E-state index is 0.130. The van der Waals surface area contributed by atoms with Crippen LogP contribution in [0.2, 0.25) is 0 Å². The molecule has 0 heterocycles. The van der Waals surface area contributed by atoms with Crippen LogP contribution in [0.15, 0.2) is 0 Å². The van der Waals surface area contributed by atoms with Crippen LogP contribution in [0.3, 0.4) is 0 Å². The van der Waals surface area contributed by atoms with E-state index >= 15 is 0 Å². The summed E-state index contributed by atoms with van der Waals surface area (Å²) in [4.78, 5) is 11.4. The monoisotopic (exact) mass is 214 g/mol. The van der Waals surface area contributed by atoms with Crippen molar-refractivity contribution in [3.63, 3.8) is 0 Å². The first-order valence-electron chi connectivity index (χ1n) is 6.01. The summed E-state index contributed by atoms with van der Waals surface area (Å²) in [5.74, 6) is 0.130. The molecule has 0 fully saturated rings. The predicted molar refractivity (Wildman–Crippen MR) is 64.7 cm³/mol. The summed E-state index contributed by atoms with van der Waals surface area (Å²) in [6, 6.07) is 0. The quantitative estimate of drug-likeness (QED) is 0.609. The van der Waals surface area contributed by atoms with Crippen molar-refractivity contribution in [1.82, 2.24) is 5.32 Å². The average Bonchev–Trinajstić information content (AvgIpc) is 2.13. The lowest BCUT2D eigenvalue weighted by Crippen LogP contribution is -2.34. The second-order valence-corrected chi connectivity index (χ2v) is 4.90. The summed E-state index contributed by atoms with van der Waals surface area (Å²) in [5, 5.41) is 2.92. The lowest BCUT2D eigenvalue weighted by molar-refractivity contribution is -0.121. The molecule has 0 atom stereocenters. The smallest absolute Gasteiger partial charge is 0.220 e. The van der Waals surface area contributed by atoms with Gasteiger partial charge in [0.2, 0.25) is 5.91 Å². The minimum Gasteiger partial charge on any atom is -0.356 e. The van der Waals surface area contributed by atoms with Gasteiger partial charge in [-0.2, -0.15) is 0 Å². The lowest BCUT2D eigenvalue weighted by Gasteiger charge is -2.17. The van der Waals surface area contributed by atoms with E-state index in [0.29, 0.717) is 6.42 Å². The molecular weight excluding hydrogens is 188 g/mol. The van der Waals surface area contributed by atoms with Crippen LogP contribution in [0.25, 0.3) is 0 Å². The van der Waals surface area contributed by atoms with E-state index < -0.39 is 0 Å². The fourth-order valence-corrected chi connectivity index (χ4v) is 1.30. The number of nitrogens with one attached hydrogen (secondary N) is 1. The van der Waals surface area contributed by atoms with Crippen molar-refractivity contribution >= 4 is 5.91 Å². The van der Waals surface area contributed by atoms with Crippen molar-refractivity contribution < 1.29 is 4.79 Å². The normalized spacial score (nSPS) is 11.5. The lowest BCUT2D eigenvalue weighted by atomic mass is 10.00. The first-order valence-corrected chi connectivity index (χ1v) is 6.01. The van der Waals surface area contributed by atoms with Crippen LogP contribution in [0.1, 0.15) is 59.3 Å². The van der Waals surface area contributed by atoms with Gasteiger partial charge in [0.15, 0.2) is 0 Å². The maximum absolute atomic E-state index is 11.4. The van der Waals surface area contributed by atoms with Crippen molar-refractivity contribution in [2.24, 2.45) is 5.73 Å². The van der Waals surface area contributed by atoms with Crippen LogP contribution in [-0.4, -0.2) is 18.0 Å². The second kappa shape index (κ2) is 7.69. The number of hydrogen-bond acceptors (Lipinski definition) is 2. The summed E-state index contributed by atoms with van der Waals surface area (Å²) in [6.45, 7) is 6.88. The predicted octanol–water partition coefficient (Wildman–Crippen LogP) is 2.20. The van der Waals surface area contributed by atoms with E-state index in [2.05, 4.69) is 12.2 Å². The molecule has 3 heteroatoms. The molecule has 0 radical (unpaired) electrons. The molecule has 0 aliphatic rings. The molecule has 0 aromatic heterocycles. The Morgan fingerprint density at radius 1 is 1.27 bits per heavy atom. The van der Waals surface area contributed by atoms with Crippen LogP contribution < -0.4 is 11.1 Å². The van der Waals surface area contributed by atoms with Gasteiger partial charge >= 0.3 is 0 Å². The topological polar surface area (TPSA) is 55.1 Å². The van der Waals surface area contributed by atoms with E-state index in [0.717, 1.165) is 19.4 Å². The summed E-state index contributed by atoms with van der Waals surface area (Å²) < 4.78 is 0. The van der Waals surface area contributed by atoms with E-state index in [1.807, 2.05) is 13.8 Å². The zero-order chi connectivity index (χ0) is 11.7. The van der Waals surface area contributed by atoms with Crippen LogP contribution in [0, 0.1) is 0 Å². The maximum Gasteiger partial charge on any atom is 0.220 e. The molecule has 0 unspecified atom stereocenters. The molecule has 0 aliphatic carbocycles.